The van der Waals surface area contributed by atoms with E-state index in [1.54, 1.807) is 6.08 Å². The van der Waals surface area contributed by atoms with E-state index in [4.69, 9.17) is 0 Å². The van der Waals surface area contributed by atoms with Crippen molar-refractivity contribution >= 4 is 12.0 Å². The first-order chi connectivity index (χ1) is 12.0. The zero-order chi connectivity index (χ0) is 18.5. The number of aryl methyl sites for hydroxylation is 1. The summed E-state index contributed by atoms with van der Waals surface area (Å²) in [5.41, 5.74) is 1.18. The number of hydrogen-bond donors (Lipinski definition) is 3. The van der Waals surface area contributed by atoms with Crippen LogP contribution in [0.4, 0.5) is 0 Å². The number of benzene rings is 1. The summed E-state index contributed by atoms with van der Waals surface area (Å²) in [6, 6.07) is 8.28. The fourth-order valence-electron chi connectivity index (χ4n) is 2.79. The highest BCUT2D eigenvalue weighted by molar-refractivity contribution is 5.74. The summed E-state index contributed by atoms with van der Waals surface area (Å²) >= 11 is 0. The van der Waals surface area contributed by atoms with Crippen molar-refractivity contribution in [2.24, 2.45) is 0 Å². The average molecular weight is 347 g/mol. The quantitative estimate of drug-likeness (QED) is 0.507. The molecule has 1 rings (SSSR count). The Balaban J connectivity index is 2.53. The van der Waals surface area contributed by atoms with Crippen molar-refractivity contribution in [2.75, 3.05) is 13.2 Å². The number of aliphatic hydroxyl groups is 2. The van der Waals surface area contributed by atoms with Crippen LogP contribution in [0.5, 0.6) is 0 Å². The zero-order valence-electron chi connectivity index (χ0n) is 15.6. The Labute approximate surface area is 152 Å². The molecule has 0 saturated carbocycles. The molecule has 0 heterocycles. The van der Waals surface area contributed by atoms with Crippen LogP contribution in [0.25, 0.3) is 6.08 Å². The van der Waals surface area contributed by atoms with Gasteiger partial charge in [-0.1, -0.05) is 75.4 Å². The van der Waals surface area contributed by atoms with E-state index in [0.717, 1.165) is 12.0 Å². The van der Waals surface area contributed by atoms with E-state index < -0.39 is 5.54 Å². The van der Waals surface area contributed by atoms with Crippen LogP contribution in [0.2, 0.25) is 0 Å². The Bertz CT molecular complexity index is 518. The van der Waals surface area contributed by atoms with Gasteiger partial charge in [0.1, 0.15) is 5.54 Å². The number of carbonyl (C=O) groups excluding carboxylic acids is 1. The van der Waals surface area contributed by atoms with Gasteiger partial charge in [0, 0.05) is 6.92 Å². The minimum atomic E-state index is -1.12. The molecule has 140 valence electrons. The summed E-state index contributed by atoms with van der Waals surface area (Å²) in [4.78, 5) is 11.2. The summed E-state index contributed by atoms with van der Waals surface area (Å²) in [7, 11) is 0. The lowest BCUT2D eigenvalue weighted by Gasteiger charge is -2.26. The SMILES string of the molecule is CCCCCCCCc1ccc(/C=C/C(CO)(CO)NC(C)=O)cc1. The number of rotatable bonds is 12. The molecule has 0 aliphatic carbocycles. The van der Waals surface area contributed by atoms with Crippen LogP contribution >= 0.6 is 0 Å². The summed E-state index contributed by atoms with van der Waals surface area (Å²) < 4.78 is 0. The van der Waals surface area contributed by atoms with Gasteiger partial charge in [-0.15, -0.1) is 0 Å². The molecule has 4 nitrogen and oxygen atoms in total. The third-order valence-electron chi connectivity index (χ3n) is 4.38. The van der Waals surface area contributed by atoms with E-state index in [1.807, 2.05) is 18.2 Å². The van der Waals surface area contributed by atoms with Crippen molar-refractivity contribution in [1.82, 2.24) is 5.32 Å². The molecular formula is C21H33NO3. The monoisotopic (exact) mass is 347 g/mol. The van der Waals surface area contributed by atoms with Crippen LogP contribution in [0, 0.1) is 0 Å². The Kier molecular flexibility index (Phi) is 10.1. The van der Waals surface area contributed by atoms with Crippen molar-refractivity contribution in [3.05, 3.63) is 41.5 Å². The molecule has 4 heteroatoms. The molecule has 0 atom stereocenters. The molecule has 25 heavy (non-hydrogen) atoms. The fourth-order valence-corrected chi connectivity index (χ4v) is 2.79. The Morgan fingerprint density at radius 1 is 1.04 bits per heavy atom. The summed E-state index contributed by atoms with van der Waals surface area (Å²) in [6.45, 7) is 2.90. The van der Waals surface area contributed by atoms with E-state index >= 15 is 0 Å². The van der Waals surface area contributed by atoms with Crippen LogP contribution in [-0.4, -0.2) is 34.9 Å². The first-order valence-corrected chi connectivity index (χ1v) is 9.34. The van der Waals surface area contributed by atoms with Crippen LogP contribution in [0.1, 0.15) is 63.5 Å². The van der Waals surface area contributed by atoms with Gasteiger partial charge in [-0.25, -0.2) is 0 Å². The van der Waals surface area contributed by atoms with Gasteiger partial charge >= 0.3 is 0 Å². The van der Waals surface area contributed by atoms with E-state index in [-0.39, 0.29) is 19.1 Å². The maximum atomic E-state index is 11.2. The van der Waals surface area contributed by atoms with Crippen molar-refractivity contribution in [3.63, 3.8) is 0 Å². The second-order valence-electron chi connectivity index (χ2n) is 6.75. The average Bonchev–Trinajstić information content (AvgIpc) is 2.62. The molecule has 0 aliphatic heterocycles. The van der Waals surface area contributed by atoms with Gasteiger partial charge in [-0.3, -0.25) is 4.79 Å². The molecule has 0 aromatic heterocycles. The summed E-state index contributed by atoms with van der Waals surface area (Å²) in [5, 5.41) is 21.6. The van der Waals surface area contributed by atoms with Gasteiger partial charge in [0.25, 0.3) is 0 Å². The number of unbranched alkanes of at least 4 members (excludes halogenated alkanes) is 5. The molecule has 0 radical (unpaired) electrons. The third kappa shape index (κ3) is 8.32. The molecule has 1 amide bonds. The van der Waals surface area contributed by atoms with Crippen molar-refractivity contribution in [2.45, 2.75) is 64.3 Å². The zero-order valence-corrected chi connectivity index (χ0v) is 15.6. The predicted octanol–water partition coefficient (Wildman–Crippen LogP) is 3.46. The van der Waals surface area contributed by atoms with Gasteiger partial charge in [0.2, 0.25) is 5.91 Å². The van der Waals surface area contributed by atoms with Crippen molar-refractivity contribution < 1.29 is 15.0 Å². The fraction of sp³-hybridized carbons (Fsp3) is 0.571. The second kappa shape index (κ2) is 11.8. The normalized spacial score (nSPS) is 11.8. The molecule has 0 bridgehead atoms. The van der Waals surface area contributed by atoms with Gasteiger partial charge in [0.05, 0.1) is 13.2 Å². The summed E-state index contributed by atoms with van der Waals surface area (Å²) in [5.74, 6) is -0.290. The van der Waals surface area contributed by atoms with E-state index in [0.29, 0.717) is 0 Å². The lowest BCUT2D eigenvalue weighted by Crippen LogP contribution is -2.52. The highest BCUT2D eigenvalue weighted by atomic mass is 16.3. The Hall–Kier alpha value is -1.65. The van der Waals surface area contributed by atoms with E-state index in [9.17, 15) is 15.0 Å². The maximum absolute atomic E-state index is 11.2. The first-order valence-electron chi connectivity index (χ1n) is 9.34. The molecule has 1 aromatic rings. The van der Waals surface area contributed by atoms with E-state index in [1.165, 1.54) is 51.0 Å². The Morgan fingerprint density at radius 3 is 2.20 bits per heavy atom. The van der Waals surface area contributed by atoms with Crippen LogP contribution < -0.4 is 5.32 Å². The largest absolute Gasteiger partial charge is 0.393 e. The number of nitrogens with one attached hydrogen (secondary N) is 1. The van der Waals surface area contributed by atoms with Gasteiger partial charge in [-0.2, -0.15) is 0 Å². The minimum Gasteiger partial charge on any atom is -0.393 e. The van der Waals surface area contributed by atoms with Crippen LogP contribution in [-0.2, 0) is 11.2 Å². The smallest absolute Gasteiger partial charge is 0.217 e. The lowest BCUT2D eigenvalue weighted by atomic mass is 9.99. The topological polar surface area (TPSA) is 69.6 Å². The van der Waals surface area contributed by atoms with Crippen LogP contribution in [0.3, 0.4) is 0 Å². The predicted molar refractivity (Wildman–Crippen MR) is 103 cm³/mol. The second-order valence-corrected chi connectivity index (χ2v) is 6.75. The number of amides is 1. The molecule has 0 unspecified atom stereocenters. The minimum absolute atomic E-state index is 0.290. The molecule has 3 N–H and O–H groups in total. The lowest BCUT2D eigenvalue weighted by molar-refractivity contribution is -0.121. The molecular weight excluding hydrogens is 314 g/mol. The summed E-state index contributed by atoms with van der Waals surface area (Å²) in [6.07, 6.45) is 12.3. The molecule has 0 fully saturated rings. The number of aliphatic hydroxyl groups excluding tert-OH is 2. The number of hydrogen-bond acceptors (Lipinski definition) is 3. The maximum Gasteiger partial charge on any atom is 0.217 e. The molecule has 1 aromatic carbocycles. The van der Waals surface area contributed by atoms with Crippen LogP contribution in [0.15, 0.2) is 30.3 Å². The van der Waals surface area contributed by atoms with Gasteiger partial charge in [-0.05, 0) is 24.0 Å². The highest BCUT2D eigenvalue weighted by Crippen LogP contribution is 2.14. The molecule has 0 aliphatic rings. The van der Waals surface area contributed by atoms with Gasteiger partial charge < -0.3 is 15.5 Å². The van der Waals surface area contributed by atoms with Gasteiger partial charge in [0.15, 0.2) is 0 Å². The Morgan fingerprint density at radius 2 is 1.64 bits per heavy atom. The van der Waals surface area contributed by atoms with E-state index in [2.05, 4.69) is 24.4 Å². The number of carbonyl (C=O) groups is 1. The molecule has 0 spiro atoms. The highest BCUT2D eigenvalue weighted by Gasteiger charge is 2.26. The third-order valence-corrected chi connectivity index (χ3v) is 4.38. The first kappa shape index (κ1) is 21.4. The van der Waals surface area contributed by atoms with Crippen molar-refractivity contribution in [3.8, 4) is 0 Å². The van der Waals surface area contributed by atoms with Crippen molar-refractivity contribution in [1.29, 1.82) is 0 Å². The standard InChI is InChI=1S/C21H33NO3/c1-3-4-5-6-7-8-9-19-10-12-20(13-11-19)14-15-21(16-23,17-24)22-18(2)25/h10-15,23-24H,3-9,16-17H2,1-2H3,(H,22,25)/b15-14+. The molecule has 0 saturated heterocycles.